The minimum atomic E-state index is 0.0909. The standard InChI is InChI=1S/C23H30N2O2/c1-18(2)27-17-20-9-7-19(8-10-20)15-24-23(26)16-25-13-11-21-5-3-4-6-22(21)12-14-25/h3-10,18H,11-17H2,1-2H3,(H,24,26). The fourth-order valence-corrected chi connectivity index (χ4v) is 3.35. The molecule has 27 heavy (non-hydrogen) atoms. The highest BCUT2D eigenvalue weighted by Gasteiger charge is 2.15. The number of benzene rings is 2. The molecule has 0 saturated heterocycles. The number of carbonyl (C=O) groups is 1. The molecule has 3 rings (SSSR count). The Morgan fingerprint density at radius 1 is 1.00 bits per heavy atom. The van der Waals surface area contributed by atoms with Crippen molar-refractivity contribution in [2.75, 3.05) is 19.6 Å². The van der Waals surface area contributed by atoms with Crippen LogP contribution in [0.2, 0.25) is 0 Å². The van der Waals surface area contributed by atoms with Crippen molar-refractivity contribution < 1.29 is 9.53 Å². The van der Waals surface area contributed by atoms with Crippen LogP contribution in [0.1, 0.15) is 36.1 Å². The average molecular weight is 367 g/mol. The quantitative estimate of drug-likeness (QED) is 0.817. The monoisotopic (exact) mass is 366 g/mol. The first kappa shape index (κ1) is 19.6. The van der Waals surface area contributed by atoms with E-state index in [1.165, 1.54) is 11.1 Å². The Balaban J connectivity index is 1.42. The van der Waals surface area contributed by atoms with Crippen LogP contribution in [-0.4, -0.2) is 36.5 Å². The van der Waals surface area contributed by atoms with E-state index in [2.05, 4.69) is 58.7 Å². The molecule has 0 aromatic heterocycles. The minimum Gasteiger partial charge on any atom is -0.374 e. The van der Waals surface area contributed by atoms with Crippen molar-refractivity contribution >= 4 is 5.91 Å². The van der Waals surface area contributed by atoms with Crippen molar-refractivity contribution in [2.24, 2.45) is 0 Å². The second-order valence-electron chi connectivity index (χ2n) is 7.50. The summed E-state index contributed by atoms with van der Waals surface area (Å²) in [6.07, 6.45) is 2.27. The zero-order valence-corrected chi connectivity index (χ0v) is 16.4. The second-order valence-corrected chi connectivity index (χ2v) is 7.50. The number of nitrogens with zero attached hydrogens (tertiary/aromatic N) is 1. The topological polar surface area (TPSA) is 41.6 Å². The van der Waals surface area contributed by atoms with Crippen molar-refractivity contribution in [3.05, 3.63) is 70.8 Å². The number of rotatable bonds is 7. The molecular weight excluding hydrogens is 336 g/mol. The minimum absolute atomic E-state index is 0.0909. The molecule has 0 aliphatic carbocycles. The van der Waals surface area contributed by atoms with Crippen LogP contribution in [0.5, 0.6) is 0 Å². The average Bonchev–Trinajstić information content (AvgIpc) is 2.88. The third kappa shape index (κ3) is 6.19. The first-order valence-corrected chi connectivity index (χ1v) is 9.85. The van der Waals surface area contributed by atoms with Gasteiger partial charge in [0.25, 0.3) is 0 Å². The van der Waals surface area contributed by atoms with E-state index in [0.29, 0.717) is 19.7 Å². The number of carbonyl (C=O) groups excluding carboxylic acids is 1. The maximum atomic E-state index is 12.3. The number of hydrogen-bond donors (Lipinski definition) is 1. The van der Waals surface area contributed by atoms with Gasteiger partial charge in [-0.05, 0) is 48.9 Å². The highest BCUT2D eigenvalue weighted by molar-refractivity contribution is 5.78. The molecule has 4 heteroatoms. The third-order valence-corrected chi connectivity index (χ3v) is 4.98. The van der Waals surface area contributed by atoms with Crippen molar-refractivity contribution in [3.63, 3.8) is 0 Å². The van der Waals surface area contributed by atoms with Crippen LogP contribution in [0.4, 0.5) is 0 Å². The molecule has 1 aliphatic heterocycles. The Hall–Kier alpha value is -2.17. The van der Waals surface area contributed by atoms with Gasteiger partial charge in [0, 0.05) is 19.6 Å². The lowest BCUT2D eigenvalue weighted by Crippen LogP contribution is -2.38. The highest BCUT2D eigenvalue weighted by Crippen LogP contribution is 2.15. The van der Waals surface area contributed by atoms with Gasteiger partial charge < -0.3 is 10.1 Å². The molecule has 1 heterocycles. The lowest BCUT2D eigenvalue weighted by Gasteiger charge is -2.19. The van der Waals surface area contributed by atoms with Gasteiger partial charge in [-0.1, -0.05) is 48.5 Å². The van der Waals surface area contributed by atoms with E-state index in [1.807, 2.05) is 13.8 Å². The van der Waals surface area contributed by atoms with E-state index >= 15 is 0 Å². The second kappa shape index (κ2) is 9.67. The lowest BCUT2D eigenvalue weighted by molar-refractivity contribution is -0.122. The maximum Gasteiger partial charge on any atom is 0.234 e. The molecule has 1 amide bonds. The van der Waals surface area contributed by atoms with E-state index in [0.717, 1.165) is 37.1 Å². The van der Waals surface area contributed by atoms with Crippen molar-refractivity contribution in [1.29, 1.82) is 0 Å². The van der Waals surface area contributed by atoms with Crippen LogP contribution in [0.15, 0.2) is 48.5 Å². The van der Waals surface area contributed by atoms with Crippen molar-refractivity contribution in [1.82, 2.24) is 10.2 Å². The Labute approximate surface area is 162 Å². The summed E-state index contributed by atoms with van der Waals surface area (Å²) < 4.78 is 5.61. The molecule has 2 aromatic rings. The zero-order chi connectivity index (χ0) is 19.1. The van der Waals surface area contributed by atoms with Gasteiger partial charge in [0.2, 0.25) is 5.91 Å². The summed E-state index contributed by atoms with van der Waals surface area (Å²) in [7, 11) is 0. The Kier molecular flexibility index (Phi) is 7.02. The molecule has 1 N–H and O–H groups in total. The summed E-state index contributed by atoms with van der Waals surface area (Å²) in [5.41, 5.74) is 5.10. The van der Waals surface area contributed by atoms with Crippen molar-refractivity contribution in [3.8, 4) is 0 Å². The van der Waals surface area contributed by atoms with Gasteiger partial charge in [0.05, 0.1) is 19.3 Å². The largest absolute Gasteiger partial charge is 0.374 e. The van der Waals surface area contributed by atoms with Gasteiger partial charge in [0.15, 0.2) is 0 Å². The van der Waals surface area contributed by atoms with E-state index in [1.54, 1.807) is 0 Å². The summed E-state index contributed by atoms with van der Waals surface area (Å²) in [5.74, 6) is 0.0909. The molecule has 2 aromatic carbocycles. The van der Waals surface area contributed by atoms with Gasteiger partial charge >= 0.3 is 0 Å². The zero-order valence-electron chi connectivity index (χ0n) is 16.4. The van der Waals surface area contributed by atoms with Gasteiger partial charge in [-0.15, -0.1) is 0 Å². The summed E-state index contributed by atoms with van der Waals surface area (Å²) in [6, 6.07) is 16.8. The summed E-state index contributed by atoms with van der Waals surface area (Å²) >= 11 is 0. The number of hydrogen-bond acceptors (Lipinski definition) is 3. The van der Waals surface area contributed by atoms with E-state index in [-0.39, 0.29) is 12.0 Å². The third-order valence-electron chi connectivity index (χ3n) is 4.98. The molecule has 0 spiro atoms. The molecule has 1 aliphatic rings. The fourth-order valence-electron chi connectivity index (χ4n) is 3.35. The molecule has 0 fully saturated rings. The van der Waals surface area contributed by atoms with Crippen LogP contribution in [0.3, 0.4) is 0 Å². The summed E-state index contributed by atoms with van der Waals surface area (Å²) in [6.45, 7) is 7.61. The smallest absolute Gasteiger partial charge is 0.234 e. The predicted molar refractivity (Wildman–Crippen MR) is 109 cm³/mol. The SMILES string of the molecule is CC(C)OCc1ccc(CNC(=O)CN2CCc3ccccc3CC2)cc1. The molecule has 144 valence electrons. The molecule has 0 saturated carbocycles. The van der Waals surface area contributed by atoms with E-state index < -0.39 is 0 Å². The lowest BCUT2D eigenvalue weighted by atomic mass is 10.0. The van der Waals surface area contributed by atoms with Crippen LogP contribution in [-0.2, 0) is 35.5 Å². The molecule has 0 unspecified atom stereocenters. The normalized spacial score (nSPS) is 14.6. The summed E-state index contributed by atoms with van der Waals surface area (Å²) in [4.78, 5) is 14.6. The van der Waals surface area contributed by atoms with Gasteiger partial charge in [-0.25, -0.2) is 0 Å². The number of ether oxygens (including phenoxy) is 1. The van der Waals surface area contributed by atoms with Crippen LogP contribution >= 0.6 is 0 Å². The molecule has 0 atom stereocenters. The first-order valence-electron chi connectivity index (χ1n) is 9.85. The molecule has 0 bridgehead atoms. The van der Waals surface area contributed by atoms with Crippen molar-refractivity contribution in [2.45, 2.75) is 45.9 Å². The molecular formula is C23H30N2O2. The number of amides is 1. The Morgan fingerprint density at radius 3 is 2.19 bits per heavy atom. The molecule has 4 nitrogen and oxygen atoms in total. The van der Waals surface area contributed by atoms with E-state index in [9.17, 15) is 4.79 Å². The molecule has 0 radical (unpaired) electrons. The van der Waals surface area contributed by atoms with Crippen LogP contribution in [0, 0.1) is 0 Å². The number of fused-ring (bicyclic) bond motifs is 1. The summed E-state index contributed by atoms with van der Waals surface area (Å²) in [5, 5.41) is 3.05. The van der Waals surface area contributed by atoms with Crippen LogP contribution in [0.25, 0.3) is 0 Å². The fraction of sp³-hybridized carbons (Fsp3) is 0.435. The van der Waals surface area contributed by atoms with Gasteiger partial charge in [0.1, 0.15) is 0 Å². The predicted octanol–water partition coefficient (Wildman–Crippen LogP) is 3.33. The number of nitrogens with one attached hydrogen (secondary N) is 1. The highest BCUT2D eigenvalue weighted by atomic mass is 16.5. The van der Waals surface area contributed by atoms with E-state index in [4.69, 9.17) is 4.74 Å². The van der Waals surface area contributed by atoms with Gasteiger partial charge in [-0.3, -0.25) is 9.69 Å². The first-order chi connectivity index (χ1) is 13.1. The van der Waals surface area contributed by atoms with Crippen LogP contribution < -0.4 is 5.32 Å². The maximum absolute atomic E-state index is 12.3. The Morgan fingerprint density at radius 2 is 1.59 bits per heavy atom. The Bertz CT molecular complexity index is 713. The van der Waals surface area contributed by atoms with Gasteiger partial charge in [-0.2, -0.15) is 0 Å².